The number of carbonyl (C=O) groups excluding carboxylic acids is 2. The highest BCUT2D eigenvalue weighted by molar-refractivity contribution is 6.03. The molecule has 5 rings (SSSR count). The average Bonchev–Trinajstić information content (AvgIpc) is 3.46. The number of fused-ring (bicyclic) bond motifs is 1. The minimum absolute atomic E-state index is 0.0776. The van der Waals surface area contributed by atoms with E-state index in [4.69, 9.17) is 0 Å². The third-order valence-corrected chi connectivity index (χ3v) is 7.57. The Hall–Kier alpha value is -3.68. The van der Waals surface area contributed by atoms with Gasteiger partial charge in [0.1, 0.15) is 24.2 Å². The van der Waals surface area contributed by atoms with Gasteiger partial charge in [-0.05, 0) is 49.9 Å². The van der Waals surface area contributed by atoms with Crippen molar-refractivity contribution in [1.82, 2.24) is 24.8 Å². The van der Waals surface area contributed by atoms with E-state index in [1.165, 1.54) is 6.42 Å². The highest BCUT2D eigenvalue weighted by atomic mass is 16.2. The zero-order valence-corrected chi connectivity index (χ0v) is 22.0. The van der Waals surface area contributed by atoms with Crippen LogP contribution < -0.4 is 5.32 Å². The zero-order chi connectivity index (χ0) is 25.9. The van der Waals surface area contributed by atoms with Crippen molar-refractivity contribution in [3.05, 3.63) is 65.5 Å². The van der Waals surface area contributed by atoms with Gasteiger partial charge < -0.3 is 9.88 Å². The van der Waals surface area contributed by atoms with Gasteiger partial charge >= 0.3 is 0 Å². The Kier molecular flexibility index (Phi) is 7.26. The number of hydrogen-bond donors (Lipinski definition) is 1. The van der Waals surface area contributed by atoms with Crippen molar-refractivity contribution < 1.29 is 9.59 Å². The van der Waals surface area contributed by atoms with Crippen LogP contribution in [0.25, 0.3) is 11.0 Å². The zero-order valence-electron chi connectivity index (χ0n) is 22.0. The number of imidazole rings is 1. The largest absolute Gasteiger partial charge is 0.351 e. The number of hydrazone groups is 1. The summed E-state index contributed by atoms with van der Waals surface area (Å²) in [5.74, 6) is 1.08. The molecule has 1 unspecified atom stereocenters. The first-order chi connectivity index (χ1) is 17.9. The maximum absolute atomic E-state index is 14.2. The van der Waals surface area contributed by atoms with Crippen LogP contribution >= 0.6 is 0 Å². The maximum atomic E-state index is 14.2. The molecule has 1 saturated carbocycles. The molecule has 1 N–H and O–H groups in total. The molecule has 37 heavy (non-hydrogen) atoms. The van der Waals surface area contributed by atoms with Crippen molar-refractivity contribution >= 4 is 28.7 Å². The van der Waals surface area contributed by atoms with E-state index in [1.807, 2.05) is 79.0 Å². The first-order valence-electron chi connectivity index (χ1n) is 13.3. The number of nitrogens with one attached hydrogen (secondary N) is 1. The Morgan fingerprint density at radius 3 is 2.51 bits per heavy atom. The summed E-state index contributed by atoms with van der Waals surface area (Å²) in [4.78, 5) is 34.5. The second kappa shape index (κ2) is 10.7. The van der Waals surface area contributed by atoms with Crippen molar-refractivity contribution in [2.75, 3.05) is 13.6 Å². The van der Waals surface area contributed by atoms with Gasteiger partial charge in [-0.15, -0.1) is 0 Å². The van der Waals surface area contributed by atoms with E-state index in [9.17, 15) is 9.59 Å². The SMILES string of the molecule is Cc1ccccc1C(C(=O)NC1CCCCC1)N(C(=O)Cn1c(C)nc2ccccc21)C1=NN(C)CC1. The van der Waals surface area contributed by atoms with Crippen LogP contribution in [0.15, 0.2) is 53.6 Å². The van der Waals surface area contributed by atoms with Gasteiger partial charge in [-0.2, -0.15) is 5.10 Å². The first-order valence-corrected chi connectivity index (χ1v) is 13.3. The summed E-state index contributed by atoms with van der Waals surface area (Å²) in [5, 5.41) is 9.81. The van der Waals surface area contributed by atoms with Gasteiger partial charge in [0.15, 0.2) is 0 Å². The molecule has 8 heteroatoms. The van der Waals surface area contributed by atoms with Crippen molar-refractivity contribution in [2.45, 2.75) is 71.0 Å². The summed E-state index contributed by atoms with van der Waals surface area (Å²) in [7, 11) is 1.90. The van der Waals surface area contributed by atoms with Gasteiger partial charge in [0.2, 0.25) is 11.8 Å². The van der Waals surface area contributed by atoms with Crippen LogP contribution in [0, 0.1) is 13.8 Å². The molecule has 2 aromatic carbocycles. The monoisotopic (exact) mass is 500 g/mol. The standard InChI is InChI=1S/C29H36N6O2/c1-20-11-7-8-14-23(20)28(29(37)31-22-12-5-4-6-13-22)35(26-17-18-33(3)32-26)27(36)19-34-21(2)30-24-15-9-10-16-25(24)34/h7-11,14-16,22,28H,4-6,12-13,17-19H2,1-3H3,(H,31,37). The molecule has 0 saturated heterocycles. The number of amidine groups is 1. The van der Waals surface area contributed by atoms with Crippen molar-refractivity contribution in [2.24, 2.45) is 5.10 Å². The lowest BCUT2D eigenvalue weighted by Crippen LogP contribution is -2.50. The van der Waals surface area contributed by atoms with E-state index in [0.29, 0.717) is 18.8 Å². The molecular formula is C29H36N6O2. The molecule has 1 atom stereocenters. The highest BCUT2D eigenvalue weighted by Crippen LogP contribution is 2.29. The van der Waals surface area contributed by atoms with Gasteiger partial charge in [0, 0.05) is 26.1 Å². The summed E-state index contributed by atoms with van der Waals surface area (Å²) >= 11 is 0. The van der Waals surface area contributed by atoms with E-state index < -0.39 is 6.04 Å². The minimum Gasteiger partial charge on any atom is -0.351 e. The summed E-state index contributed by atoms with van der Waals surface area (Å²) in [6.07, 6.45) is 6.00. The van der Waals surface area contributed by atoms with E-state index >= 15 is 0 Å². The molecule has 2 amide bonds. The third kappa shape index (κ3) is 5.24. The number of para-hydroxylation sites is 2. The van der Waals surface area contributed by atoms with Gasteiger partial charge in [-0.1, -0.05) is 55.7 Å². The number of aromatic nitrogens is 2. The number of hydrogen-bond acceptors (Lipinski definition) is 5. The fourth-order valence-corrected chi connectivity index (χ4v) is 5.59. The molecule has 2 heterocycles. The Morgan fingerprint density at radius 1 is 1.05 bits per heavy atom. The van der Waals surface area contributed by atoms with Crippen molar-refractivity contribution in [3.63, 3.8) is 0 Å². The second-order valence-corrected chi connectivity index (χ2v) is 10.2. The predicted molar refractivity (Wildman–Crippen MR) is 145 cm³/mol. The van der Waals surface area contributed by atoms with Crippen LogP contribution in [-0.2, 0) is 16.1 Å². The Balaban J connectivity index is 1.55. The molecule has 0 radical (unpaired) electrons. The van der Waals surface area contributed by atoms with Gasteiger partial charge in [0.25, 0.3) is 0 Å². The first kappa shape index (κ1) is 25.0. The van der Waals surface area contributed by atoms with Crippen LogP contribution in [0.4, 0.5) is 0 Å². The number of benzene rings is 2. The lowest BCUT2D eigenvalue weighted by molar-refractivity contribution is -0.137. The van der Waals surface area contributed by atoms with E-state index in [0.717, 1.165) is 53.7 Å². The lowest BCUT2D eigenvalue weighted by atomic mass is 9.94. The third-order valence-electron chi connectivity index (χ3n) is 7.57. The van der Waals surface area contributed by atoms with Crippen LogP contribution in [0.3, 0.4) is 0 Å². The molecule has 1 aliphatic carbocycles. The number of carbonyl (C=O) groups is 2. The molecular weight excluding hydrogens is 464 g/mol. The van der Waals surface area contributed by atoms with Crippen LogP contribution in [0.1, 0.15) is 61.5 Å². The lowest BCUT2D eigenvalue weighted by Gasteiger charge is -2.34. The van der Waals surface area contributed by atoms with Crippen LogP contribution in [0.5, 0.6) is 0 Å². The number of nitrogens with zero attached hydrogens (tertiary/aromatic N) is 5. The molecule has 1 aliphatic heterocycles. The number of rotatable bonds is 6. The number of amides is 2. The van der Waals surface area contributed by atoms with E-state index in [1.54, 1.807) is 4.90 Å². The Morgan fingerprint density at radius 2 is 1.78 bits per heavy atom. The van der Waals surface area contributed by atoms with E-state index in [2.05, 4.69) is 15.4 Å². The molecule has 1 fully saturated rings. The topological polar surface area (TPSA) is 82.8 Å². The van der Waals surface area contributed by atoms with Gasteiger partial charge in [-0.25, -0.2) is 4.98 Å². The number of aryl methyl sites for hydroxylation is 2. The van der Waals surface area contributed by atoms with Crippen LogP contribution in [-0.4, -0.2) is 56.7 Å². The maximum Gasteiger partial charge on any atom is 0.248 e. The fraction of sp³-hybridized carbons (Fsp3) is 0.448. The van der Waals surface area contributed by atoms with E-state index in [-0.39, 0.29) is 24.4 Å². The average molecular weight is 501 g/mol. The molecule has 1 aromatic heterocycles. The predicted octanol–water partition coefficient (Wildman–Crippen LogP) is 4.32. The van der Waals surface area contributed by atoms with Crippen molar-refractivity contribution in [1.29, 1.82) is 0 Å². The van der Waals surface area contributed by atoms with Crippen molar-refractivity contribution in [3.8, 4) is 0 Å². The highest BCUT2D eigenvalue weighted by Gasteiger charge is 2.38. The molecule has 194 valence electrons. The summed E-state index contributed by atoms with van der Waals surface area (Å²) < 4.78 is 1.93. The Bertz CT molecular complexity index is 1320. The molecule has 2 aliphatic rings. The van der Waals surface area contributed by atoms with Gasteiger partial charge in [0.05, 0.1) is 11.0 Å². The summed E-state index contributed by atoms with van der Waals surface area (Å²) in [5.41, 5.74) is 3.55. The quantitative estimate of drug-likeness (QED) is 0.546. The van der Waals surface area contributed by atoms with Gasteiger partial charge in [-0.3, -0.25) is 19.5 Å². The fourth-order valence-electron chi connectivity index (χ4n) is 5.59. The smallest absolute Gasteiger partial charge is 0.248 e. The molecule has 8 nitrogen and oxygen atoms in total. The second-order valence-electron chi connectivity index (χ2n) is 10.2. The summed E-state index contributed by atoms with van der Waals surface area (Å²) in [6.45, 7) is 4.69. The normalized spacial score (nSPS) is 17.1. The summed E-state index contributed by atoms with van der Waals surface area (Å²) in [6, 6.07) is 15.0. The molecule has 0 bridgehead atoms. The minimum atomic E-state index is -0.795. The van der Waals surface area contributed by atoms with Crippen LogP contribution in [0.2, 0.25) is 0 Å². The Labute approximate surface area is 218 Å². The molecule has 0 spiro atoms. The molecule has 3 aromatic rings.